The maximum atomic E-state index is 13.2. The lowest BCUT2D eigenvalue weighted by atomic mass is 9.81. The monoisotopic (exact) mass is 549 g/mol. The van der Waals surface area contributed by atoms with Crippen molar-refractivity contribution in [1.29, 1.82) is 0 Å². The Balaban J connectivity index is 1.30. The number of carbonyl (C=O) groups is 1. The molecule has 5 rings (SSSR count). The van der Waals surface area contributed by atoms with E-state index in [-0.39, 0.29) is 11.9 Å². The summed E-state index contributed by atoms with van der Waals surface area (Å²) in [5.41, 5.74) is 1.27. The van der Waals surface area contributed by atoms with Gasteiger partial charge >= 0.3 is 0 Å². The van der Waals surface area contributed by atoms with Gasteiger partial charge < -0.3 is 19.5 Å². The van der Waals surface area contributed by atoms with Crippen LogP contribution in [-0.4, -0.2) is 55.2 Å². The number of hydrogen-bond donors (Lipinski definition) is 1. The number of rotatable bonds is 7. The van der Waals surface area contributed by atoms with Crippen LogP contribution in [0.5, 0.6) is 17.2 Å². The van der Waals surface area contributed by atoms with E-state index in [4.69, 9.17) is 42.4 Å². The van der Waals surface area contributed by atoms with E-state index in [1.54, 1.807) is 44.8 Å². The highest BCUT2D eigenvalue weighted by Gasteiger charge is 2.39. The third-order valence-electron chi connectivity index (χ3n) is 7.20. The van der Waals surface area contributed by atoms with Crippen LogP contribution in [0.2, 0.25) is 10.0 Å². The van der Waals surface area contributed by atoms with E-state index >= 15 is 0 Å². The van der Waals surface area contributed by atoms with E-state index in [1.165, 1.54) is 6.42 Å². The first-order chi connectivity index (χ1) is 17.4. The van der Waals surface area contributed by atoms with E-state index in [1.807, 2.05) is 12.1 Å². The van der Waals surface area contributed by atoms with Gasteiger partial charge in [-0.1, -0.05) is 29.6 Å². The molecule has 1 amide bonds. The molecule has 10 heteroatoms. The largest absolute Gasteiger partial charge is 0.493 e. The zero-order chi connectivity index (χ0) is 25.4. The second kappa shape index (κ2) is 10.6. The van der Waals surface area contributed by atoms with Crippen LogP contribution in [0.1, 0.15) is 47.5 Å². The molecule has 7 nitrogen and oxygen atoms in total. The molecule has 2 saturated heterocycles. The van der Waals surface area contributed by atoms with Crippen molar-refractivity contribution in [2.45, 2.75) is 56.8 Å². The average molecular weight is 551 g/mol. The Morgan fingerprint density at radius 3 is 2.36 bits per heavy atom. The molecule has 0 spiro atoms. The lowest BCUT2D eigenvalue weighted by Crippen LogP contribution is -2.56. The number of amides is 1. The summed E-state index contributed by atoms with van der Waals surface area (Å²) < 4.78 is 17.3. The summed E-state index contributed by atoms with van der Waals surface area (Å²) in [6, 6.07) is 8.09. The molecule has 2 fully saturated rings. The van der Waals surface area contributed by atoms with Crippen LogP contribution >= 0.6 is 34.5 Å². The minimum absolute atomic E-state index is 0.103. The topological polar surface area (TPSA) is 72.9 Å². The first-order valence-electron chi connectivity index (χ1n) is 12.0. The fourth-order valence-electron chi connectivity index (χ4n) is 5.54. The van der Waals surface area contributed by atoms with E-state index in [0.29, 0.717) is 44.9 Å². The van der Waals surface area contributed by atoms with Crippen molar-refractivity contribution in [3.8, 4) is 17.2 Å². The van der Waals surface area contributed by atoms with Gasteiger partial charge in [0.1, 0.15) is 10.5 Å². The highest BCUT2D eigenvalue weighted by atomic mass is 35.5. The minimum Gasteiger partial charge on any atom is -0.493 e. The maximum Gasteiger partial charge on any atom is 0.251 e. The SMILES string of the molecule is COc1cc(C(=O)NC2CC3CCCC(C2)N3Cc2nc3c(Cl)c(Cl)ccc3s2)cc(OC)c1OC. The zero-order valence-corrected chi connectivity index (χ0v) is 22.8. The van der Waals surface area contributed by atoms with Gasteiger partial charge in [0.15, 0.2) is 11.5 Å². The summed E-state index contributed by atoms with van der Waals surface area (Å²) >= 11 is 14.2. The highest BCUT2D eigenvalue weighted by molar-refractivity contribution is 7.18. The number of ether oxygens (including phenoxy) is 3. The Kier molecular flexibility index (Phi) is 7.49. The molecular formula is C26H29Cl2N3O4S. The van der Waals surface area contributed by atoms with Crippen molar-refractivity contribution in [1.82, 2.24) is 15.2 Å². The van der Waals surface area contributed by atoms with Crippen molar-refractivity contribution in [3.05, 3.63) is 44.9 Å². The van der Waals surface area contributed by atoms with Crippen molar-refractivity contribution in [2.24, 2.45) is 0 Å². The standard InChI is InChI=1S/C26H29Cl2N3O4S/c1-33-19-9-14(10-20(34-2)25(19)35-3)26(32)29-15-11-16-5-4-6-17(12-15)31(16)13-22-30-24-21(36-22)8-7-18(27)23(24)28/h7-10,15-17H,4-6,11-13H2,1-3H3,(H,29,32). The smallest absolute Gasteiger partial charge is 0.251 e. The number of nitrogens with zero attached hydrogens (tertiary/aromatic N) is 2. The normalized spacial score (nSPS) is 21.9. The number of fused-ring (bicyclic) bond motifs is 3. The van der Waals surface area contributed by atoms with Crippen LogP contribution < -0.4 is 19.5 Å². The second-order valence-corrected chi connectivity index (χ2v) is 11.2. The Hall–Kier alpha value is -2.26. The molecule has 0 radical (unpaired) electrons. The molecule has 2 aliphatic heterocycles. The summed E-state index contributed by atoms with van der Waals surface area (Å²) in [4.78, 5) is 20.6. The summed E-state index contributed by atoms with van der Waals surface area (Å²) in [5.74, 6) is 1.26. The molecule has 0 aliphatic carbocycles. The molecule has 2 unspecified atom stereocenters. The van der Waals surface area contributed by atoms with E-state index in [2.05, 4.69) is 10.2 Å². The Morgan fingerprint density at radius 1 is 1.08 bits per heavy atom. The summed E-state index contributed by atoms with van der Waals surface area (Å²) in [5, 5.41) is 5.36. The molecule has 2 aliphatic rings. The Bertz CT molecular complexity index is 1240. The number of aromatic nitrogens is 1. The van der Waals surface area contributed by atoms with Gasteiger partial charge in [-0.15, -0.1) is 11.3 Å². The van der Waals surface area contributed by atoms with Gasteiger partial charge in [0.25, 0.3) is 5.91 Å². The Labute approximate surface area is 224 Å². The van der Waals surface area contributed by atoms with E-state index in [0.717, 1.165) is 47.5 Å². The Morgan fingerprint density at radius 2 is 1.75 bits per heavy atom. The van der Waals surface area contributed by atoms with Gasteiger partial charge in [-0.3, -0.25) is 9.69 Å². The molecule has 3 aromatic rings. The van der Waals surface area contributed by atoms with Gasteiger partial charge in [-0.05, 0) is 49.9 Å². The van der Waals surface area contributed by atoms with Gasteiger partial charge in [0.2, 0.25) is 5.75 Å². The first-order valence-corrected chi connectivity index (χ1v) is 13.6. The quantitative estimate of drug-likeness (QED) is 0.393. The number of benzene rings is 2. The summed E-state index contributed by atoms with van der Waals surface area (Å²) in [6.45, 7) is 0.788. The van der Waals surface area contributed by atoms with Crippen LogP contribution in [0, 0.1) is 0 Å². The lowest BCUT2D eigenvalue weighted by Gasteiger charge is -2.48. The third kappa shape index (κ3) is 4.84. The number of hydrogen-bond acceptors (Lipinski definition) is 7. The molecule has 3 heterocycles. The lowest BCUT2D eigenvalue weighted by molar-refractivity contribution is 0.0177. The number of carbonyl (C=O) groups excluding carboxylic acids is 1. The van der Waals surface area contributed by atoms with Crippen molar-refractivity contribution in [2.75, 3.05) is 21.3 Å². The first kappa shape index (κ1) is 25.4. The van der Waals surface area contributed by atoms with Gasteiger partial charge in [0.05, 0.1) is 42.6 Å². The average Bonchev–Trinajstić information content (AvgIpc) is 3.29. The van der Waals surface area contributed by atoms with Crippen LogP contribution in [0.25, 0.3) is 10.2 Å². The zero-order valence-electron chi connectivity index (χ0n) is 20.5. The molecular weight excluding hydrogens is 521 g/mol. The van der Waals surface area contributed by atoms with Crippen LogP contribution in [-0.2, 0) is 6.54 Å². The number of piperidine rings is 2. The molecule has 1 aromatic heterocycles. The molecule has 2 atom stereocenters. The predicted octanol–water partition coefficient (Wildman–Crippen LogP) is 5.94. The van der Waals surface area contributed by atoms with Crippen molar-refractivity contribution >= 4 is 50.7 Å². The van der Waals surface area contributed by atoms with E-state index in [9.17, 15) is 4.79 Å². The van der Waals surface area contributed by atoms with Gasteiger partial charge in [-0.2, -0.15) is 0 Å². The van der Waals surface area contributed by atoms with Crippen molar-refractivity contribution in [3.63, 3.8) is 0 Å². The molecule has 1 N–H and O–H groups in total. The molecule has 2 aromatic carbocycles. The highest BCUT2D eigenvalue weighted by Crippen LogP contribution is 2.40. The second-order valence-electron chi connectivity index (χ2n) is 9.28. The third-order valence-corrected chi connectivity index (χ3v) is 9.00. The number of halogens is 2. The van der Waals surface area contributed by atoms with Crippen LogP contribution in [0.4, 0.5) is 0 Å². The fourth-order valence-corrected chi connectivity index (χ4v) is 6.94. The fraction of sp³-hybridized carbons (Fsp3) is 0.462. The van der Waals surface area contributed by atoms with Gasteiger partial charge in [-0.25, -0.2) is 4.98 Å². The molecule has 192 valence electrons. The van der Waals surface area contributed by atoms with Crippen LogP contribution in [0.3, 0.4) is 0 Å². The van der Waals surface area contributed by atoms with Crippen molar-refractivity contribution < 1.29 is 19.0 Å². The molecule has 2 bridgehead atoms. The summed E-state index contributed by atoms with van der Waals surface area (Å²) in [6.07, 6.45) is 5.25. The molecule has 36 heavy (non-hydrogen) atoms. The number of nitrogens with one attached hydrogen (secondary N) is 1. The molecule has 0 saturated carbocycles. The number of methoxy groups -OCH3 is 3. The summed E-state index contributed by atoms with van der Waals surface area (Å²) in [7, 11) is 4.64. The number of thiazole rings is 1. The minimum atomic E-state index is -0.136. The van der Waals surface area contributed by atoms with Crippen LogP contribution in [0.15, 0.2) is 24.3 Å². The predicted molar refractivity (Wildman–Crippen MR) is 143 cm³/mol. The van der Waals surface area contributed by atoms with Gasteiger partial charge in [0, 0.05) is 23.7 Å². The van der Waals surface area contributed by atoms with E-state index < -0.39 is 0 Å². The maximum absolute atomic E-state index is 13.2.